The van der Waals surface area contributed by atoms with Crippen LogP contribution in [-0.2, 0) is 0 Å². The van der Waals surface area contributed by atoms with E-state index in [2.05, 4.69) is 0 Å². The number of furan rings is 1. The first kappa shape index (κ1) is 22.2. The molecule has 2 aromatic carbocycles. The van der Waals surface area contributed by atoms with Crippen molar-refractivity contribution in [3.63, 3.8) is 0 Å². The van der Waals surface area contributed by atoms with Crippen LogP contribution in [0.5, 0.6) is 23.0 Å². The Morgan fingerprint density at radius 3 is 2.27 bits per heavy atom. The molecule has 0 aliphatic rings. The predicted octanol–water partition coefficient (Wildman–Crippen LogP) is 4.96. The average molecular weight is 466 g/mol. The van der Waals surface area contributed by atoms with Gasteiger partial charge in [0.25, 0.3) is 0 Å². The molecule has 0 unspecified atom stereocenters. The third-order valence-electron chi connectivity index (χ3n) is 4.81. The van der Waals surface area contributed by atoms with E-state index in [0.29, 0.717) is 44.8 Å². The summed E-state index contributed by atoms with van der Waals surface area (Å²) < 4.78 is 29.1. The van der Waals surface area contributed by atoms with Crippen molar-refractivity contribution in [1.82, 2.24) is 4.68 Å². The number of ether oxygens (including phenoxy) is 4. The molecule has 0 aliphatic carbocycles. The largest absolute Gasteiger partial charge is 0.496 e. The number of methoxy groups -OCH3 is 4. The maximum atomic E-state index is 5.62. The van der Waals surface area contributed by atoms with Gasteiger partial charge >= 0.3 is 0 Å². The van der Waals surface area contributed by atoms with E-state index >= 15 is 0 Å². The summed E-state index contributed by atoms with van der Waals surface area (Å²) >= 11 is 1.44. The fourth-order valence-electron chi connectivity index (χ4n) is 3.18. The summed E-state index contributed by atoms with van der Waals surface area (Å²) in [7, 11) is 6.37. The summed E-state index contributed by atoms with van der Waals surface area (Å²) in [5.41, 5.74) is 2.16. The Morgan fingerprint density at radius 2 is 1.58 bits per heavy atom. The maximum absolute atomic E-state index is 5.62. The van der Waals surface area contributed by atoms with Gasteiger partial charge in [0.2, 0.25) is 4.80 Å². The van der Waals surface area contributed by atoms with E-state index in [1.54, 1.807) is 57.7 Å². The van der Waals surface area contributed by atoms with Crippen molar-refractivity contribution in [3.05, 3.63) is 70.5 Å². The van der Waals surface area contributed by atoms with E-state index in [9.17, 15) is 0 Å². The molecule has 8 nitrogen and oxygen atoms in total. The first-order valence-electron chi connectivity index (χ1n) is 9.95. The number of para-hydroxylation sites is 2. The van der Waals surface area contributed by atoms with Gasteiger partial charge in [-0.2, -0.15) is 5.10 Å². The average Bonchev–Trinajstić information content (AvgIpc) is 3.52. The van der Waals surface area contributed by atoms with Crippen LogP contribution in [0.25, 0.3) is 11.5 Å². The van der Waals surface area contributed by atoms with Crippen LogP contribution in [0.2, 0.25) is 0 Å². The van der Waals surface area contributed by atoms with E-state index in [4.69, 9.17) is 33.5 Å². The molecule has 0 N–H and O–H groups in total. The molecule has 4 rings (SSSR count). The quantitative estimate of drug-likeness (QED) is 0.344. The normalized spacial score (nSPS) is 11.7. The van der Waals surface area contributed by atoms with Gasteiger partial charge < -0.3 is 23.4 Å². The minimum absolute atomic E-state index is 0.567. The Hall–Kier alpha value is -3.98. The summed E-state index contributed by atoms with van der Waals surface area (Å²) in [6.07, 6.45) is 3.30. The van der Waals surface area contributed by atoms with Gasteiger partial charge in [-0.15, -0.1) is 11.3 Å². The SMILES string of the molecule is COc1cc(OC)c(OC)cc1C=Nn1c(-c2ccco2)csc1=Nc1ccccc1OC. The van der Waals surface area contributed by atoms with Gasteiger partial charge in [-0.25, -0.2) is 9.67 Å². The number of rotatable bonds is 8. The summed E-state index contributed by atoms with van der Waals surface area (Å²) in [6, 6.07) is 14.8. The second-order valence-electron chi connectivity index (χ2n) is 6.67. The van der Waals surface area contributed by atoms with Crippen molar-refractivity contribution in [3.8, 4) is 34.5 Å². The van der Waals surface area contributed by atoms with E-state index in [0.717, 1.165) is 5.69 Å². The number of hydrogen-bond acceptors (Lipinski definition) is 8. The molecule has 0 bridgehead atoms. The molecule has 170 valence electrons. The lowest BCUT2D eigenvalue weighted by Gasteiger charge is -2.12. The third kappa shape index (κ3) is 4.63. The minimum Gasteiger partial charge on any atom is -0.496 e. The maximum Gasteiger partial charge on any atom is 0.211 e. The van der Waals surface area contributed by atoms with Gasteiger partial charge in [0.05, 0.1) is 40.9 Å². The number of nitrogens with zero attached hydrogens (tertiary/aromatic N) is 3. The lowest BCUT2D eigenvalue weighted by atomic mass is 10.2. The Kier molecular flexibility index (Phi) is 6.80. The fourth-order valence-corrected chi connectivity index (χ4v) is 4.01. The van der Waals surface area contributed by atoms with Crippen LogP contribution in [0.15, 0.2) is 74.7 Å². The number of aromatic nitrogens is 1. The summed E-state index contributed by atoms with van der Waals surface area (Å²) in [5.74, 6) is 3.07. The molecule has 9 heteroatoms. The number of benzene rings is 2. The van der Waals surface area contributed by atoms with Crippen LogP contribution >= 0.6 is 11.3 Å². The van der Waals surface area contributed by atoms with Crippen molar-refractivity contribution in [2.75, 3.05) is 28.4 Å². The molecular weight excluding hydrogens is 442 g/mol. The molecule has 2 heterocycles. The predicted molar refractivity (Wildman–Crippen MR) is 127 cm³/mol. The van der Waals surface area contributed by atoms with Gasteiger partial charge in [0.15, 0.2) is 17.3 Å². The van der Waals surface area contributed by atoms with Gasteiger partial charge in [-0.1, -0.05) is 12.1 Å². The monoisotopic (exact) mass is 465 g/mol. The van der Waals surface area contributed by atoms with E-state index in [1.165, 1.54) is 11.3 Å². The van der Waals surface area contributed by atoms with E-state index in [-0.39, 0.29) is 0 Å². The smallest absolute Gasteiger partial charge is 0.211 e. The van der Waals surface area contributed by atoms with Crippen LogP contribution in [0.1, 0.15) is 5.56 Å². The Labute approximate surface area is 195 Å². The third-order valence-corrected chi connectivity index (χ3v) is 5.62. The lowest BCUT2D eigenvalue weighted by molar-refractivity contribution is 0.349. The van der Waals surface area contributed by atoms with Gasteiger partial charge in [0.1, 0.15) is 22.9 Å². The highest BCUT2D eigenvalue weighted by Gasteiger charge is 2.13. The second kappa shape index (κ2) is 10.1. The molecule has 33 heavy (non-hydrogen) atoms. The van der Waals surface area contributed by atoms with Crippen molar-refractivity contribution in [2.24, 2.45) is 10.1 Å². The van der Waals surface area contributed by atoms with Gasteiger partial charge in [0, 0.05) is 17.0 Å². The highest BCUT2D eigenvalue weighted by Crippen LogP contribution is 2.34. The Bertz CT molecular complexity index is 1320. The van der Waals surface area contributed by atoms with Crippen LogP contribution in [0.3, 0.4) is 0 Å². The standard InChI is InChI=1S/C24H23N3O5S/c1-28-19-9-6-5-8-17(19)26-24-27(18(15-33-24)20-10-7-11-32-20)25-14-16-12-22(30-3)23(31-4)13-21(16)29-2/h5-15H,1-4H3. The van der Waals surface area contributed by atoms with Gasteiger partial charge in [-0.05, 0) is 30.3 Å². The Balaban J connectivity index is 1.86. The molecule has 0 radical (unpaired) electrons. The van der Waals surface area contributed by atoms with Crippen molar-refractivity contribution in [1.29, 1.82) is 0 Å². The first-order chi connectivity index (χ1) is 16.2. The molecule has 0 saturated carbocycles. The molecule has 0 fully saturated rings. The van der Waals surface area contributed by atoms with Gasteiger partial charge in [-0.3, -0.25) is 0 Å². The van der Waals surface area contributed by atoms with Crippen LogP contribution in [0, 0.1) is 0 Å². The number of thiazole rings is 1. The summed E-state index contributed by atoms with van der Waals surface area (Å²) in [5, 5.41) is 6.66. The number of hydrogen-bond donors (Lipinski definition) is 0. The summed E-state index contributed by atoms with van der Waals surface area (Å²) in [6.45, 7) is 0. The van der Waals surface area contributed by atoms with Crippen molar-refractivity contribution in [2.45, 2.75) is 0 Å². The highest BCUT2D eigenvalue weighted by atomic mass is 32.1. The molecule has 0 spiro atoms. The van der Waals surface area contributed by atoms with Crippen molar-refractivity contribution >= 4 is 23.2 Å². The molecule has 4 aromatic rings. The molecule has 2 aromatic heterocycles. The molecule has 0 amide bonds. The van der Waals surface area contributed by atoms with Crippen LogP contribution in [-0.4, -0.2) is 39.3 Å². The van der Waals surface area contributed by atoms with E-state index < -0.39 is 0 Å². The van der Waals surface area contributed by atoms with E-state index in [1.807, 2.05) is 41.8 Å². The zero-order valence-electron chi connectivity index (χ0n) is 18.6. The van der Waals surface area contributed by atoms with Crippen LogP contribution in [0.4, 0.5) is 5.69 Å². The zero-order valence-corrected chi connectivity index (χ0v) is 19.5. The lowest BCUT2D eigenvalue weighted by Crippen LogP contribution is -2.11. The second-order valence-corrected chi connectivity index (χ2v) is 7.51. The molecule has 0 saturated heterocycles. The molecule has 0 aliphatic heterocycles. The molecular formula is C24H23N3O5S. The topological polar surface area (TPSA) is 79.7 Å². The van der Waals surface area contributed by atoms with Crippen molar-refractivity contribution < 1.29 is 23.4 Å². The summed E-state index contributed by atoms with van der Waals surface area (Å²) in [4.78, 5) is 5.42. The zero-order chi connectivity index (χ0) is 23.2. The minimum atomic E-state index is 0.567. The first-order valence-corrected chi connectivity index (χ1v) is 10.8. The highest BCUT2D eigenvalue weighted by molar-refractivity contribution is 7.07. The Morgan fingerprint density at radius 1 is 0.848 bits per heavy atom. The van der Waals surface area contributed by atoms with Crippen LogP contribution < -0.4 is 23.7 Å². The fraction of sp³-hybridized carbons (Fsp3) is 0.167. The molecule has 0 atom stereocenters.